The van der Waals surface area contributed by atoms with Crippen LogP contribution in [0.15, 0.2) is 48.5 Å². The van der Waals surface area contributed by atoms with Crippen molar-refractivity contribution in [1.29, 1.82) is 0 Å². The van der Waals surface area contributed by atoms with Gasteiger partial charge in [0.2, 0.25) is 0 Å². The molecule has 0 radical (unpaired) electrons. The van der Waals surface area contributed by atoms with Crippen LogP contribution in [-0.2, 0) is 11.4 Å². The molecule has 0 aliphatic rings. The molecule has 0 atom stereocenters. The summed E-state index contributed by atoms with van der Waals surface area (Å²) in [7, 11) is 2.98. The highest BCUT2D eigenvalue weighted by Gasteiger charge is 2.16. The van der Waals surface area contributed by atoms with Crippen LogP contribution in [0.2, 0.25) is 5.02 Å². The van der Waals surface area contributed by atoms with Gasteiger partial charge >= 0.3 is 0 Å². The second-order valence-corrected chi connectivity index (χ2v) is 4.77. The minimum Gasteiger partial charge on any atom is -0.488 e. The van der Waals surface area contributed by atoms with Gasteiger partial charge in [-0.3, -0.25) is 9.63 Å². The number of carbonyl (C=O) groups is 1. The predicted molar refractivity (Wildman–Crippen MR) is 81.3 cm³/mol. The molecule has 0 fully saturated rings. The van der Waals surface area contributed by atoms with E-state index in [9.17, 15) is 4.79 Å². The molecule has 0 aliphatic carbocycles. The fraction of sp³-hybridized carbons (Fsp3) is 0.188. The van der Waals surface area contributed by atoms with Gasteiger partial charge in [0.1, 0.15) is 12.4 Å². The van der Waals surface area contributed by atoms with Crippen LogP contribution in [0.1, 0.15) is 15.9 Å². The molecule has 0 bridgehead atoms. The van der Waals surface area contributed by atoms with Crippen molar-refractivity contribution in [2.75, 3.05) is 14.2 Å². The molecule has 5 heteroatoms. The Morgan fingerprint density at radius 1 is 1.14 bits per heavy atom. The zero-order chi connectivity index (χ0) is 15.2. The van der Waals surface area contributed by atoms with E-state index in [-0.39, 0.29) is 5.91 Å². The van der Waals surface area contributed by atoms with E-state index in [0.29, 0.717) is 22.9 Å². The summed E-state index contributed by atoms with van der Waals surface area (Å²) >= 11 is 6.09. The minimum atomic E-state index is -0.271. The number of benzene rings is 2. The molecule has 0 saturated heterocycles. The fourth-order valence-electron chi connectivity index (χ4n) is 1.79. The highest BCUT2D eigenvalue weighted by Crippen LogP contribution is 2.23. The predicted octanol–water partition coefficient (Wildman–Crippen LogP) is 3.55. The quantitative estimate of drug-likeness (QED) is 0.793. The summed E-state index contributed by atoms with van der Waals surface area (Å²) in [6, 6.07) is 14.5. The third-order valence-corrected chi connectivity index (χ3v) is 3.39. The Balaban J connectivity index is 2.17. The van der Waals surface area contributed by atoms with E-state index in [0.717, 1.165) is 10.6 Å². The summed E-state index contributed by atoms with van der Waals surface area (Å²) in [5.41, 5.74) is 1.30. The molecular weight excluding hydrogens is 290 g/mol. The highest BCUT2D eigenvalue weighted by atomic mass is 35.5. The van der Waals surface area contributed by atoms with E-state index in [2.05, 4.69) is 0 Å². The fourth-order valence-corrected chi connectivity index (χ4v) is 1.98. The smallest absolute Gasteiger partial charge is 0.280 e. The molecule has 2 aromatic carbocycles. The van der Waals surface area contributed by atoms with Crippen molar-refractivity contribution in [3.63, 3.8) is 0 Å². The second kappa shape index (κ2) is 7.11. The molecule has 0 heterocycles. The topological polar surface area (TPSA) is 38.8 Å². The SMILES string of the molecule is CON(C)C(=O)c1ccccc1OCc1ccccc1Cl. The van der Waals surface area contributed by atoms with Gasteiger partial charge in [0, 0.05) is 17.6 Å². The summed E-state index contributed by atoms with van der Waals surface area (Å²) in [6.07, 6.45) is 0. The van der Waals surface area contributed by atoms with E-state index >= 15 is 0 Å². The Hall–Kier alpha value is -2.04. The van der Waals surface area contributed by atoms with Crippen LogP contribution in [0.4, 0.5) is 0 Å². The number of hydrogen-bond donors (Lipinski definition) is 0. The van der Waals surface area contributed by atoms with E-state index in [4.69, 9.17) is 21.2 Å². The Bertz CT molecular complexity index is 630. The normalized spacial score (nSPS) is 10.2. The molecular formula is C16H16ClNO3. The highest BCUT2D eigenvalue weighted by molar-refractivity contribution is 6.31. The van der Waals surface area contributed by atoms with Crippen molar-refractivity contribution in [3.05, 3.63) is 64.7 Å². The minimum absolute atomic E-state index is 0.271. The van der Waals surface area contributed by atoms with Crippen LogP contribution in [0.5, 0.6) is 5.75 Å². The molecule has 1 amide bonds. The Morgan fingerprint density at radius 3 is 2.52 bits per heavy atom. The molecule has 4 nitrogen and oxygen atoms in total. The monoisotopic (exact) mass is 305 g/mol. The third kappa shape index (κ3) is 3.74. The first-order valence-corrected chi connectivity index (χ1v) is 6.78. The Labute approximate surface area is 128 Å². The van der Waals surface area contributed by atoms with Crippen molar-refractivity contribution in [1.82, 2.24) is 5.06 Å². The van der Waals surface area contributed by atoms with Gasteiger partial charge in [-0.05, 0) is 18.2 Å². The summed E-state index contributed by atoms with van der Waals surface area (Å²) < 4.78 is 5.73. The molecule has 110 valence electrons. The van der Waals surface area contributed by atoms with Gasteiger partial charge in [-0.2, -0.15) is 0 Å². The largest absolute Gasteiger partial charge is 0.488 e. The first-order valence-electron chi connectivity index (χ1n) is 6.41. The number of carbonyl (C=O) groups excluding carboxylic acids is 1. The van der Waals surface area contributed by atoms with Crippen LogP contribution in [-0.4, -0.2) is 25.1 Å². The summed E-state index contributed by atoms with van der Waals surface area (Å²) in [5.74, 6) is 0.221. The first kappa shape index (κ1) is 15.4. The molecule has 2 aromatic rings. The number of nitrogens with zero attached hydrogens (tertiary/aromatic N) is 1. The van der Waals surface area contributed by atoms with Crippen molar-refractivity contribution < 1.29 is 14.4 Å². The number of amides is 1. The van der Waals surface area contributed by atoms with Crippen molar-refractivity contribution in [2.24, 2.45) is 0 Å². The average molecular weight is 306 g/mol. The number of hydrogen-bond acceptors (Lipinski definition) is 3. The van der Waals surface area contributed by atoms with Crippen LogP contribution in [0.25, 0.3) is 0 Å². The van der Waals surface area contributed by atoms with Gasteiger partial charge in [0.15, 0.2) is 0 Å². The van der Waals surface area contributed by atoms with E-state index < -0.39 is 0 Å². The molecule has 2 rings (SSSR count). The van der Waals surface area contributed by atoms with Crippen molar-refractivity contribution >= 4 is 17.5 Å². The maximum atomic E-state index is 12.2. The third-order valence-electron chi connectivity index (χ3n) is 3.02. The molecule has 0 saturated carbocycles. The number of halogens is 1. The lowest BCUT2D eigenvalue weighted by atomic mass is 10.2. The van der Waals surface area contributed by atoms with Gasteiger partial charge in [-0.15, -0.1) is 0 Å². The van der Waals surface area contributed by atoms with Gasteiger partial charge in [0.25, 0.3) is 5.91 Å². The van der Waals surface area contributed by atoms with Crippen molar-refractivity contribution in [3.8, 4) is 5.75 Å². The molecule has 0 aromatic heterocycles. The Kier molecular flexibility index (Phi) is 5.20. The number of hydroxylamine groups is 2. The summed E-state index contributed by atoms with van der Waals surface area (Å²) in [5, 5.41) is 1.79. The van der Waals surface area contributed by atoms with Crippen LogP contribution >= 0.6 is 11.6 Å². The van der Waals surface area contributed by atoms with Crippen LogP contribution in [0, 0.1) is 0 Å². The zero-order valence-corrected chi connectivity index (χ0v) is 12.6. The lowest BCUT2D eigenvalue weighted by Crippen LogP contribution is -2.25. The zero-order valence-electron chi connectivity index (χ0n) is 11.9. The summed E-state index contributed by atoms with van der Waals surface area (Å²) in [6.45, 7) is 0.292. The van der Waals surface area contributed by atoms with E-state index in [1.165, 1.54) is 7.11 Å². The number of para-hydroxylation sites is 1. The molecule has 0 spiro atoms. The lowest BCUT2D eigenvalue weighted by Gasteiger charge is -2.16. The second-order valence-electron chi connectivity index (χ2n) is 4.36. The molecule has 0 N–H and O–H groups in total. The molecule has 21 heavy (non-hydrogen) atoms. The van der Waals surface area contributed by atoms with Gasteiger partial charge in [-0.25, -0.2) is 5.06 Å². The summed E-state index contributed by atoms with van der Waals surface area (Å²) in [4.78, 5) is 17.1. The van der Waals surface area contributed by atoms with Gasteiger partial charge < -0.3 is 4.74 Å². The lowest BCUT2D eigenvalue weighted by molar-refractivity contribution is -0.0758. The number of rotatable bonds is 5. The maximum Gasteiger partial charge on any atom is 0.280 e. The van der Waals surface area contributed by atoms with Crippen molar-refractivity contribution in [2.45, 2.75) is 6.61 Å². The molecule has 0 unspecified atom stereocenters. The molecule has 0 aliphatic heterocycles. The Morgan fingerprint density at radius 2 is 1.81 bits per heavy atom. The van der Waals surface area contributed by atoms with Crippen LogP contribution in [0.3, 0.4) is 0 Å². The van der Waals surface area contributed by atoms with E-state index in [1.807, 2.05) is 24.3 Å². The maximum absolute atomic E-state index is 12.2. The standard InChI is InChI=1S/C16H16ClNO3/c1-18(20-2)16(19)13-8-4-6-10-15(13)21-11-12-7-3-5-9-14(12)17/h3-10H,11H2,1-2H3. The first-order chi connectivity index (χ1) is 10.1. The van der Waals surface area contributed by atoms with Gasteiger partial charge in [-0.1, -0.05) is 41.9 Å². The average Bonchev–Trinajstić information content (AvgIpc) is 2.53. The van der Waals surface area contributed by atoms with Gasteiger partial charge in [0.05, 0.1) is 12.7 Å². The van der Waals surface area contributed by atoms with Crippen LogP contribution < -0.4 is 4.74 Å². The van der Waals surface area contributed by atoms with E-state index in [1.54, 1.807) is 31.3 Å². The number of ether oxygens (including phenoxy) is 1.